The number of carbonyl (C=O) groups is 2. The van der Waals surface area contributed by atoms with E-state index in [2.05, 4.69) is 0 Å². The minimum atomic E-state index is 0.463. The van der Waals surface area contributed by atoms with Gasteiger partial charge >= 0.3 is 0 Å². The molecule has 0 fully saturated rings. The predicted octanol–water partition coefficient (Wildman–Crippen LogP) is 2.31. The van der Waals surface area contributed by atoms with Gasteiger partial charge < -0.3 is 4.74 Å². The summed E-state index contributed by atoms with van der Waals surface area (Å²) in [6.45, 7) is 2.30. The second-order valence-electron chi connectivity index (χ2n) is 2.58. The molecule has 1 aromatic carbocycles. The summed E-state index contributed by atoms with van der Waals surface area (Å²) in [5.74, 6) is 0.463. The number of hydrogen-bond donors (Lipinski definition) is 0. The van der Waals surface area contributed by atoms with E-state index in [0.29, 0.717) is 23.5 Å². The van der Waals surface area contributed by atoms with Crippen LogP contribution in [-0.4, -0.2) is 19.2 Å². The molecule has 0 N–H and O–H groups in total. The van der Waals surface area contributed by atoms with E-state index in [0.717, 1.165) is 16.1 Å². The Hall–Kier alpha value is -0.910. The maximum absolute atomic E-state index is 10.7. The summed E-state index contributed by atoms with van der Waals surface area (Å²) in [6, 6.07) is 3.23. The standard InChI is InChI=1S/C10H9IO3/c1-2-14-10-4-7(5-12)9(11)3-8(10)6-13/h3-6H,2H2,1H3. The fourth-order valence-electron chi connectivity index (χ4n) is 1.05. The average molecular weight is 304 g/mol. The van der Waals surface area contributed by atoms with Gasteiger partial charge in [-0.3, -0.25) is 9.59 Å². The molecule has 4 heteroatoms. The van der Waals surface area contributed by atoms with Crippen molar-refractivity contribution in [2.75, 3.05) is 6.61 Å². The van der Waals surface area contributed by atoms with Crippen LogP contribution < -0.4 is 4.74 Å². The van der Waals surface area contributed by atoms with Gasteiger partial charge in [-0.25, -0.2) is 0 Å². The van der Waals surface area contributed by atoms with Crippen molar-refractivity contribution in [3.05, 3.63) is 26.8 Å². The van der Waals surface area contributed by atoms with Crippen molar-refractivity contribution in [2.24, 2.45) is 0 Å². The van der Waals surface area contributed by atoms with Gasteiger partial charge in [-0.2, -0.15) is 0 Å². The highest BCUT2D eigenvalue weighted by molar-refractivity contribution is 14.1. The summed E-state index contributed by atoms with van der Waals surface area (Å²) in [7, 11) is 0. The van der Waals surface area contributed by atoms with E-state index in [9.17, 15) is 9.59 Å². The van der Waals surface area contributed by atoms with E-state index in [-0.39, 0.29) is 0 Å². The molecule has 0 aliphatic carbocycles. The Kier molecular flexibility index (Phi) is 4.06. The van der Waals surface area contributed by atoms with E-state index in [1.807, 2.05) is 29.5 Å². The van der Waals surface area contributed by atoms with E-state index in [1.54, 1.807) is 12.1 Å². The zero-order valence-electron chi connectivity index (χ0n) is 7.62. The maximum atomic E-state index is 10.7. The number of benzene rings is 1. The van der Waals surface area contributed by atoms with Crippen molar-refractivity contribution >= 4 is 35.2 Å². The molecule has 0 saturated heterocycles. The monoisotopic (exact) mass is 304 g/mol. The molecule has 0 amide bonds. The number of rotatable bonds is 4. The van der Waals surface area contributed by atoms with Gasteiger partial charge in [0.1, 0.15) is 5.75 Å². The number of carbonyl (C=O) groups excluding carboxylic acids is 2. The highest BCUT2D eigenvalue weighted by Gasteiger charge is 2.07. The molecule has 0 atom stereocenters. The Bertz CT molecular complexity index is 361. The fourth-order valence-corrected chi connectivity index (χ4v) is 1.67. The molecular weight excluding hydrogens is 295 g/mol. The van der Waals surface area contributed by atoms with Crippen LogP contribution in [0.4, 0.5) is 0 Å². The lowest BCUT2D eigenvalue weighted by molar-refractivity contribution is 0.110. The summed E-state index contributed by atoms with van der Waals surface area (Å²) in [6.07, 6.45) is 1.47. The summed E-state index contributed by atoms with van der Waals surface area (Å²) in [5, 5.41) is 0. The highest BCUT2D eigenvalue weighted by atomic mass is 127. The zero-order chi connectivity index (χ0) is 10.6. The van der Waals surface area contributed by atoms with Crippen molar-refractivity contribution in [3.8, 4) is 5.75 Å². The zero-order valence-corrected chi connectivity index (χ0v) is 9.78. The Balaban J connectivity index is 3.24. The molecule has 0 spiro atoms. The van der Waals surface area contributed by atoms with Gasteiger partial charge in [0.2, 0.25) is 0 Å². The summed E-state index contributed by atoms with van der Waals surface area (Å²) in [5.41, 5.74) is 1.02. The van der Waals surface area contributed by atoms with Gasteiger partial charge in [0, 0.05) is 9.13 Å². The van der Waals surface area contributed by atoms with Crippen molar-refractivity contribution in [1.82, 2.24) is 0 Å². The molecule has 0 aliphatic heterocycles. The van der Waals surface area contributed by atoms with Crippen LogP contribution in [0.2, 0.25) is 0 Å². The van der Waals surface area contributed by atoms with Gasteiger partial charge in [0.05, 0.1) is 12.2 Å². The van der Waals surface area contributed by atoms with Crippen LogP contribution in [0.1, 0.15) is 27.6 Å². The lowest BCUT2D eigenvalue weighted by Gasteiger charge is -2.07. The lowest BCUT2D eigenvalue weighted by atomic mass is 10.1. The second-order valence-corrected chi connectivity index (χ2v) is 3.74. The third-order valence-corrected chi connectivity index (χ3v) is 2.62. The molecule has 0 saturated carbocycles. The molecule has 0 radical (unpaired) electrons. The first-order valence-electron chi connectivity index (χ1n) is 4.09. The van der Waals surface area contributed by atoms with Gasteiger partial charge in [0.25, 0.3) is 0 Å². The molecular formula is C10H9IO3. The van der Waals surface area contributed by atoms with Gasteiger partial charge in [-0.15, -0.1) is 0 Å². The summed E-state index contributed by atoms with van der Waals surface area (Å²) >= 11 is 2.01. The largest absolute Gasteiger partial charge is 0.493 e. The molecule has 0 unspecified atom stereocenters. The van der Waals surface area contributed by atoms with Crippen LogP contribution in [0.15, 0.2) is 12.1 Å². The first-order valence-corrected chi connectivity index (χ1v) is 5.17. The average Bonchev–Trinajstić information content (AvgIpc) is 2.20. The predicted molar refractivity (Wildman–Crippen MR) is 61.1 cm³/mol. The van der Waals surface area contributed by atoms with Crippen molar-refractivity contribution in [2.45, 2.75) is 6.92 Å². The molecule has 74 valence electrons. The molecule has 0 heterocycles. The number of hydrogen-bond acceptors (Lipinski definition) is 3. The third kappa shape index (κ3) is 2.31. The summed E-state index contributed by atoms with van der Waals surface area (Å²) in [4.78, 5) is 21.3. The van der Waals surface area contributed by atoms with Crippen LogP contribution in [0.3, 0.4) is 0 Å². The molecule has 0 bridgehead atoms. The number of ether oxygens (including phenoxy) is 1. The number of aldehydes is 2. The van der Waals surface area contributed by atoms with E-state index >= 15 is 0 Å². The lowest BCUT2D eigenvalue weighted by Crippen LogP contribution is -1.99. The molecule has 1 rings (SSSR count). The van der Waals surface area contributed by atoms with Crippen LogP contribution in [0.5, 0.6) is 5.75 Å². The van der Waals surface area contributed by atoms with Gasteiger partial charge in [-0.1, -0.05) is 0 Å². The van der Waals surface area contributed by atoms with Crippen molar-refractivity contribution in [1.29, 1.82) is 0 Å². The Morgan fingerprint density at radius 3 is 2.43 bits per heavy atom. The quantitative estimate of drug-likeness (QED) is 0.633. The molecule has 14 heavy (non-hydrogen) atoms. The third-order valence-electron chi connectivity index (χ3n) is 1.68. The SMILES string of the molecule is CCOc1cc(C=O)c(I)cc1C=O. The Morgan fingerprint density at radius 2 is 1.93 bits per heavy atom. The maximum Gasteiger partial charge on any atom is 0.153 e. The molecule has 0 aromatic heterocycles. The first kappa shape index (κ1) is 11.2. The topological polar surface area (TPSA) is 43.4 Å². The van der Waals surface area contributed by atoms with Gasteiger partial charge in [0.15, 0.2) is 12.6 Å². The van der Waals surface area contributed by atoms with Crippen molar-refractivity contribution < 1.29 is 14.3 Å². The minimum absolute atomic E-state index is 0.463. The van der Waals surface area contributed by atoms with Crippen LogP contribution in [0.25, 0.3) is 0 Å². The summed E-state index contributed by atoms with van der Waals surface area (Å²) < 4.78 is 5.98. The minimum Gasteiger partial charge on any atom is -0.493 e. The number of halogens is 1. The van der Waals surface area contributed by atoms with E-state index in [1.165, 1.54) is 0 Å². The Labute approximate surface area is 95.6 Å². The Morgan fingerprint density at radius 1 is 1.29 bits per heavy atom. The molecule has 0 aliphatic rings. The fraction of sp³-hybridized carbons (Fsp3) is 0.200. The van der Waals surface area contributed by atoms with E-state index in [4.69, 9.17) is 4.74 Å². The first-order chi connectivity index (χ1) is 6.72. The smallest absolute Gasteiger partial charge is 0.153 e. The molecule has 1 aromatic rings. The second kappa shape index (κ2) is 5.09. The van der Waals surface area contributed by atoms with Crippen LogP contribution in [-0.2, 0) is 0 Å². The van der Waals surface area contributed by atoms with E-state index < -0.39 is 0 Å². The highest BCUT2D eigenvalue weighted by Crippen LogP contribution is 2.22. The van der Waals surface area contributed by atoms with Crippen molar-refractivity contribution in [3.63, 3.8) is 0 Å². The molecule has 3 nitrogen and oxygen atoms in total. The van der Waals surface area contributed by atoms with Crippen LogP contribution >= 0.6 is 22.6 Å². The normalized spacial score (nSPS) is 9.57. The van der Waals surface area contributed by atoms with Crippen LogP contribution in [0, 0.1) is 3.57 Å². The van der Waals surface area contributed by atoms with Gasteiger partial charge in [-0.05, 0) is 41.6 Å².